The van der Waals surface area contributed by atoms with Crippen LogP contribution in [-0.2, 0) is 9.53 Å². The Hall–Kier alpha value is -1.26. The largest absolute Gasteiger partial charge is 0.444 e. The third-order valence-corrected chi connectivity index (χ3v) is 4.51. The second-order valence-electron chi connectivity index (χ2n) is 8.10. The Bertz CT molecular complexity index is 404. The number of ether oxygens (including phenoxy) is 1. The van der Waals surface area contributed by atoms with Gasteiger partial charge in [-0.05, 0) is 40.0 Å². The number of nitrogens with zero attached hydrogens (tertiary/aromatic N) is 1. The molecule has 1 fully saturated rings. The molecule has 0 bridgehead atoms. The minimum atomic E-state index is -0.530. The predicted octanol–water partition coefficient (Wildman–Crippen LogP) is 4.64. The second-order valence-corrected chi connectivity index (χ2v) is 8.10. The molecule has 0 aromatic carbocycles. The summed E-state index contributed by atoms with van der Waals surface area (Å²) in [7, 11) is 0. The molecule has 146 valence electrons. The molecule has 1 saturated heterocycles. The van der Waals surface area contributed by atoms with Crippen LogP contribution in [-0.4, -0.2) is 41.6 Å². The van der Waals surface area contributed by atoms with E-state index in [4.69, 9.17) is 4.74 Å². The number of amides is 2. The zero-order valence-electron chi connectivity index (χ0n) is 16.7. The van der Waals surface area contributed by atoms with E-state index in [0.717, 1.165) is 25.7 Å². The van der Waals surface area contributed by atoms with Gasteiger partial charge in [0.15, 0.2) is 0 Å². The van der Waals surface area contributed by atoms with E-state index in [1.54, 1.807) is 4.90 Å². The van der Waals surface area contributed by atoms with Crippen LogP contribution in [0, 0.1) is 0 Å². The Morgan fingerprint density at radius 3 is 2.24 bits per heavy atom. The fourth-order valence-electron chi connectivity index (χ4n) is 3.17. The highest BCUT2D eigenvalue weighted by molar-refractivity contribution is 5.86. The van der Waals surface area contributed by atoms with Gasteiger partial charge < -0.3 is 10.1 Å². The lowest BCUT2D eigenvalue weighted by Crippen LogP contribution is -2.47. The van der Waals surface area contributed by atoms with E-state index >= 15 is 0 Å². The van der Waals surface area contributed by atoms with Crippen LogP contribution in [0.4, 0.5) is 4.79 Å². The molecule has 5 heteroatoms. The van der Waals surface area contributed by atoms with Gasteiger partial charge in [-0.25, -0.2) is 4.79 Å². The molecule has 0 aromatic rings. The quantitative estimate of drug-likeness (QED) is 0.581. The Balaban J connectivity index is 2.20. The Morgan fingerprint density at radius 2 is 1.64 bits per heavy atom. The Morgan fingerprint density at radius 1 is 1.04 bits per heavy atom. The topological polar surface area (TPSA) is 58.6 Å². The molecule has 1 rings (SSSR count). The summed E-state index contributed by atoms with van der Waals surface area (Å²) >= 11 is 0. The van der Waals surface area contributed by atoms with Crippen LogP contribution in [0.25, 0.3) is 0 Å². The van der Waals surface area contributed by atoms with Gasteiger partial charge in [0.05, 0.1) is 0 Å². The minimum Gasteiger partial charge on any atom is -0.444 e. The first-order valence-electron chi connectivity index (χ1n) is 10.1. The molecule has 0 radical (unpaired) electrons. The summed E-state index contributed by atoms with van der Waals surface area (Å²) in [5, 5.41) is 3.00. The van der Waals surface area contributed by atoms with Crippen LogP contribution in [0.3, 0.4) is 0 Å². The minimum absolute atomic E-state index is 0.0358. The van der Waals surface area contributed by atoms with Crippen LogP contribution in [0.15, 0.2) is 0 Å². The van der Waals surface area contributed by atoms with Crippen molar-refractivity contribution in [3.05, 3.63) is 0 Å². The van der Waals surface area contributed by atoms with Crippen molar-refractivity contribution in [1.82, 2.24) is 10.2 Å². The van der Waals surface area contributed by atoms with E-state index in [-0.39, 0.29) is 18.0 Å². The van der Waals surface area contributed by atoms with Crippen molar-refractivity contribution in [3.8, 4) is 0 Å². The van der Waals surface area contributed by atoms with Gasteiger partial charge in [0, 0.05) is 13.1 Å². The molecule has 0 spiro atoms. The SMILES string of the molecule is CCCCCCCCCCNC(=O)[C@H]1CCCN1C(=O)OC(C)(C)C. The molecule has 1 N–H and O–H groups in total. The molecule has 1 heterocycles. The zero-order chi connectivity index (χ0) is 18.7. The van der Waals surface area contributed by atoms with E-state index in [0.29, 0.717) is 13.1 Å². The molecule has 0 aromatic heterocycles. The summed E-state index contributed by atoms with van der Waals surface area (Å²) in [4.78, 5) is 26.2. The monoisotopic (exact) mass is 354 g/mol. The van der Waals surface area contributed by atoms with E-state index in [1.807, 2.05) is 20.8 Å². The number of unbranched alkanes of at least 4 members (excludes halogenated alkanes) is 7. The first-order chi connectivity index (χ1) is 11.8. The number of rotatable bonds is 10. The first kappa shape index (κ1) is 21.8. The van der Waals surface area contributed by atoms with E-state index in [9.17, 15) is 9.59 Å². The summed E-state index contributed by atoms with van der Waals surface area (Å²) in [6.07, 6.45) is 11.2. The highest BCUT2D eigenvalue weighted by atomic mass is 16.6. The van der Waals surface area contributed by atoms with Crippen molar-refractivity contribution < 1.29 is 14.3 Å². The number of carbonyl (C=O) groups excluding carboxylic acids is 2. The summed E-state index contributed by atoms with van der Waals surface area (Å²) in [5.41, 5.74) is -0.530. The van der Waals surface area contributed by atoms with Crippen LogP contribution >= 0.6 is 0 Å². The molecule has 2 amide bonds. The zero-order valence-corrected chi connectivity index (χ0v) is 16.7. The van der Waals surface area contributed by atoms with Gasteiger partial charge >= 0.3 is 6.09 Å². The third kappa shape index (κ3) is 9.13. The van der Waals surface area contributed by atoms with Crippen molar-refractivity contribution >= 4 is 12.0 Å². The smallest absolute Gasteiger partial charge is 0.410 e. The van der Waals surface area contributed by atoms with Crippen molar-refractivity contribution in [3.63, 3.8) is 0 Å². The first-order valence-corrected chi connectivity index (χ1v) is 10.1. The van der Waals surface area contributed by atoms with Gasteiger partial charge in [-0.2, -0.15) is 0 Å². The van der Waals surface area contributed by atoms with Crippen LogP contribution in [0.5, 0.6) is 0 Å². The van der Waals surface area contributed by atoms with E-state index < -0.39 is 5.60 Å². The van der Waals surface area contributed by atoms with Crippen molar-refractivity contribution in [1.29, 1.82) is 0 Å². The number of hydrogen-bond donors (Lipinski definition) is 1. The summed E-state index contributed by atoms with van der Waals surface area (Å²) in [6, 6.07) is -0.371. The third-order valence-electron chi connectivity index (χ3n) is 4.51. The lowest BCUT2D eigenvalue weighted by atomic mass is 10.1. The highest BCUT2D eigenvalue weighted by Crippen LogP contribution is 2.21. The molecule has 1 atom stereocenters. The van der Waals surface area contributed by atoms with Crippen molar-refractivity contribution in [2.24, 2.45) is 0 Å². The second kappa shape index (κ2) is 11.4. The maximum atomic E-state index is 12.4. The lowest BCUT2D eigenvalue weighted by Gasteiger charge is -2.28. The summed E-state index contributed by atoms with van der Waals surface area (Å²) in [6.45, 7) is 9.07. The van der Waals surface area contributed by atoms with Crippen LogP contribution in [0.1, 0.15) is 91.9 Å². The standard InChI is InChI=1S/C20H38N2O3/c1-5-6-7-8-9-10-11-12-15-21-18(23)17-14-13-16-22(17)19(24)25-20(2,3)4/h17H,5-16H2,1-4H3,(H,21,23)/t17-/m1/s1. The highest BCUT2D eigenvalue weighted by Gasteiger charge is 2.36. The fourth-order valence-corrected chi connectivity index (χ4v) is 3.17. The van der Waals surface area contributed by atoms with Gasteiger partial charge in [-0.3, -0.25) is 9.69 Å². The van der Waals surface area contributed by atoms with Crippen LogP contribution in [0.2, 0.25) is 0 Å². The van der Waals surface area contributed by atoms with Gasteiger partial charge in [-0.1, -0.05) is 51.9 Å². The van der Waals surface area contributed by atoms with E-state index in [2.05, 4.69) is 12.2 Å². The fraction of sp³-hybridized carbons (Fsp3) is 0.900. The maximum absolute atomic E-state index is 12.4. The Kier molecular flexibility index (Phi) is 9.91. The average Bonchev–Trinajstić information content (AvgIpc) is 3.01. The molecule has 5 nitrogen and oxygen atoms in total. The number of nitrogens with one attached hydrogen (secondary N) is 1. The van der Waals surface area contributed by atoms with Gasteiger partial charge in [-0.15, -0.1) is 0 Å². The van der Waals surface area contributed by atoms with Crippen molar-refractivity contribution in [2.45, 2.75) is 104 Å². The Labute approximate surface area is 153 Å². The normalized spacial score (nSPS) is 17.6. The summed E-state index contributed by atoms with van der Waals surface area (Å²) < 4.78 is 5.41. The van der Waals surface area contributed by atoms with E-state index in [1.165, 1.54) is 38.5 Å². The van der Waals surface area contributed by atoms with Gasteiger partial charge in [0.25, 0.3) is 0 Å². The lowest BCUT2D eigenvalue weighted by molar-refractivity contribution is -0.125. The predicted molar refractivity (Wildman–Crippen MR) is 102 cm³/mol. The maximum Gasteiger partial charge on any atom is 0.410 e. The molecule has 0 saturated carbocycles. The molecular formula is C20H38N2O3. The van der Waals surface area contributed by atoms with Gasteiger partial charge in [0.2, 0.25) is 5.91 Å². The molecule has 0 aliphatic carbocycles. The number of likely N-dealkylation sites (tertiary alicyclic amines) is 1. The molecule has 1 aliphatic rings. The molecule has 25 heavy (non-hydrogen) atoms. The summed E-state index contributed by atoms with van der Waals surface area (Å²) in [5.74, 6) is -0.0358. The van der Waals surface area contributed by atoms with Gasteiger partial charge in [0.1, 0.15) is 11.6 Å². The molecule has 1 aliphatic heterocycles. The number of hydrogen-bond acceptors (Lipinski definition) is 3. The molecule has 0 unspecified atom stereocenters. The average molecular weight is 355 g/mol. The number of carbonyl (C=O) groups is 2. The van der Waals surface area contributed by atoms with Crippen LogP contribution < -0.4 is 5.32 Å². The molecular weight excluding hydrogens is 316 g/mol. The van der Waals surface area contributed by atoms with Crippen molar-refractivity contribution in [2.75, 3.05) is 13.1 Å².